The fraction of sp³-hybridized carbons (Fsp3) is 0.364. The van der Waals surface area contributed by atoms with E-state index in [1.165, 1.54) is 0 Å². The summed E-state index contributed by atoms with van der Waals surface area (Å²) in [6, 6.07) is 5.88. The molecule has 8 heteroatoms. The lowest BCUT2D eigenvalue weighted by molar-refractivity contribution is 0.0447. The Hall–Kier alpha value is -3.26. The Kier molecular flexibility index (Phi) is 5.26. The van der Waals surface area contributed by atoms with Crippen LogP contribution in [0.2, 0.25) is 0 Å². The van der Waals surface area contributed by atoms with Gasteiger partial charge in [-0.25, -0.2) is 4.98 Å². The highest BCUT2D eigenvalue weighted by atomic mass is 16.3. The van der Waals surface area contributed by atoms with Gasteiger partial charge in [-0.1, -0.05) is 12.6 Å². The molecule has 1 aliphatic heterocycles. The van der Waals surface area contributed by atoms with Crippen LogP contribution < -0.4 is 15.5 Å². The number of aryl methyl sites for hydroxylation is 1. The largest absolute Gasteiger partial charge is 0.388 e. The SMILES string of the molecule is C=c1[nH]nc(-c2cccc(N3CCC[C@](C)(O)C3)n2)/c1=C/C(=N\C)c1cnn(C)c1. The number of aliphatic hydroxyl groups is 1. The number of aromatic nitrogens is 5. The van der Waals surface area contributed by atoms with E-state index in [0.29, 0.717) is 11.9 Å². The molecule has 1 atom stereocenters. The lowest BCUT2D eigenvalue weighted by Crippen LogP contribution is -2.46. The molecule has 1 saturated heterocycles. The maximum atomic E-state index is 10.5. The number of aliphatic imine (C=N–C) groups is 1. The van der Waals surface area contributed by atoms with Gasteiger partial charge >= 0.3 is 0 Å². The summed E-state index contributed by atoms with van der Waals surface area (Å²) in [6.45, 7) is 7.41. The van der Waals surface area contributed by atoms with Gasteiger partial charge in [-0.2, -0.15) is 10.2 Å². The first-order valence-corrected chi connectivity index (χ1v) is 10.0. The molecule has 4 heterocycles. The summed E-state index contributed by atoms with van der Waals surface area (Å²) >= 11 is 0. The van der Waals surface area contributed by atoms with Gasteiger partial charge < -0.3 is 10.0 Å². The summed E-state index contributed by atoms with van der Waals surface area (Å²) in [5, 5.41) is 23.7. The van der Waals surface area contributed by atoms with Gasteiger partial charge in [0.1, 0.15) is 11.5 Å². The van der Waals surface area contributed by atoms with Crippen LogP contribution in [0.3, 0.4) is 0 Å². The van der Waals surface area contributed by atoms with E-state index in [2.05, 4.69) is 31.8 Å². The van der Waals surface area contributed by atoms with Gasteiger partial charge in [0.25, 0.3) is 0 Å². The number of piperidine rings is 1. The zero-order valence-corrected chi connectivity index (χ0v) is 17.6. The first kappa shape index (κ1) is 20.0. The van der Waals surface area contributed by atoms with E-state index < -0.39 is 5.60 Å². The van der Waals surface area contributed by atoms with Crippen molar-refractivity contribution in [2.75, 3.05) is 25.0 Å². The maximum Gasteiger partial charge on any atom is 0.129 e. The van der Waals surface area contributed by atoms with E-state index in [0.717, 1.165) is 53.1 Å². The average molecular weight is 406 g/mol. The van der Waals surface area contributed by atoms with Crippen molar-refractivity contribution in [3.8, 4) is 11.4 Å². The summed E-state index contributed by atoms with van der Waals surface area (Å²) < 4.78 is 1.74. The maximum absolute atomic E-state index is 10.5. The van der Waals surface area contributed by atoms with Crippen molar-refractivity contribution < 1.29 is 5.11 Å². The van der Waals surface area contributed by atoms with E-state index in [-0.39, 0.29) is 0 Å². The number of hydrogen-bond donors (Lipinski definition) is 2. The molecule has 0 saturated carbocycles. The molecule has 1 fully saturated rings. The van der Waals surface area contributed by atoms with Crippen molar-refractivity contribution in [3.63, 3.8) is 0 Å². The van der Waals surface area contributed by atoms with Crippen molar-refractivity contribution in [1.82, 2.24) is 25.0 Å². The number of pyridine rings is 1. The number of H-pyrrole nitrogens is 1. The predicted octanol–water partition coefficient (Wildman–Crippen LogP) is 0.866. The van der Waals surface area contributed by atoms with Crippen LogP contribution in [0.5, 0.6) is 0 Å². The minimum Gasteiger partial charge on any atom is -0.388 e. The molecule has 0 unspecified atom stereocenters. The van der Waals surface area contributed by atoms with Crippen LogP contribution in [0.25, 0.3) is 24.0 Å². The molecule has 0 aromatic carbocycles. The third-order valence-electron chi connectivity index (χ3n) is 5.38. The van der Waals surface area contributed by atoms with E-state index in [1.54, 1.807) is 17.9 Å². The summed E-state index contributed by atoms with van der Waals surface area (Å²) in [6.07, 6.45) is 7.40. The lowest BCUT2D eigenvalue weighted by atomic mass is 9.95. The Morgan fingerprint density at radius 3 is 2.93 bits per heavy atom. The molecule has 2 N–H and O–H groups in total. The van der Waals surface area contributed by atoms with Crippen LogP contribution in [0.15, 0.2) is 35.6 Å². The van der Waals surface area contributed by atoms with E-state index in [9.17, 15) is 5.11 Å². The molecule has 30 heavy (non-hydrogen) atoms. The van der Waals surface area contributed by atoms with Gasteiger partial charge in [0, 0.05) is 44.2 Å². The molecule has 8 nitrogen and oxygen atoms in total. The quantitative estimate of drug-likeness (QED) is 0.628. The minimum absolute atomic E-state index is 0.567. The fourth-order valence-electron chi connectivity index (χ4n) is 3.85. The van der Waals surface area contributed by atoms with Crippen LogP contribution in [0, 0.1) is 0 Å². The van der Waals surface area contributed by atoms with Crippen LogP contribution in [0.1, 0.15) is 25.3 Å². The lowest BCUT2D eigenvalue weighted by Gasteiger charge is -2.37. The number of rotatable bonds is 4. The second-order valence-corrected chi connectivity index (χ2v) is 8.02. The van der Waals surface area contributed by atoms with E-state index >= 15 is 0 Å². The Morgan fingerprint density at radius 1 is 1.40 bits per heavy atom. The fourth-order valence-corrected chi connectivity index (χ4v) is 3.85. The van der Waals surface area contributed by atoms with Crippen LogP contribution >= 0.6 is 0 Å². The van der Waals surface area contributed by atoms with Crippen molar-refractivity contribution in [2.45, 2.75) is 25.4 Å². The zero-order valence-electron chi connectivity index (χ0n) is 17.6. The Morgan fingerprint density at radius 2 is 2.23 bits per heavy atom. The minimum atomic E-state index is -0.697. The number of anilines is 1. The molecular formula is C22H27N7O. The molecule has 156 valence electrons. The molecule has 3 aromatic rings. The average Bonchev–Trinajstić information content (AvgIpc) is 3.31. The molecule has 0 bridgehead atoms. The van der Waals surface area contributed by atoms with Crippen LogP contribution in [-0.2, 0) is 7.05 Å². The second-order valence-electron chi connectivity index (χ2n) is 8.02. The number of β-amino-alcohol motifs (C(OH)–C–C–N with tert-alkyl or cyclic N) is 1. The molecule has 0 amide bonds. The van der Waals surface area contributed by atoms with E-state index in [4.69, 9.17) is 4.98 Å². The van der Waals surface area contributed by atoms with Gasteiger partial charge in [0.2, 0.25) is 0 Å². The highest BCUT2D eigenvalue weighted by molar-refractivity contribution is 6.20. The van der Waals surface area contributed by atoms with E-state index in [1.807, 2.05) is 44.4 Å². The highest BCUT2D eigenvalue weighted by Crippen LogP contribution is 2.25. The molecule has 0 spiro atoms. The Balaban J connectivity index is 1.74. The summed E-state index contributed by atoms with van der Waals surface area (Å²) in [7, 11) is 3.63. The third kappa shape index (κ3) is 4.04. The van der Waals surface area contributed by atoms with Gasteiger partial charge in [0.05, 0.1) is 28.6 Å². The normalized spacial score (nSPS) is 20.7. The molecule has 0 radical (unpaired) electrons. The summed E-state index contributed by atoms with van der Waals surface area (Å²) in [5.41, 5.74) is 2.48. The zero-order chi connectivity index (χ0) is 21.3. The van der Waals surface area contributed by atoms with Gasteiger partial charge in [-0.15, -0.1) is 0 Å². The first-order valence-electron chi connectivity index (χ1n) is 10.0. The molecule has 4 rings (SSSR count). The van der Waals surface area contributed by atoms with Crippen LogP contribution in [0.4, 0.5) is 5.82 Å². The Labute approximate surface area is 175 Å². The predicted molar refractivity (Wildman–Crippen MR) is 119 cm³/mol. The number of nitrogens with one attached hydrogen (secondary N) is 1. The summed E-state index contributed by atoms with van der Waals surface area (Å²) in [5.74, 6) is 0.837. The Bertz CT molecular complexity index is 1190. The number of nitrogens with zero attached hydrogens (tertiary/aromatic N) is 6. The van der Waals surface area contributed by atoms with Crippen molar-refractivity contribution in [2.24, 2.45) is 12.0 Å². The standard InChI is InChI=1S/C22H27N7O/c1-15-17(11-19(23-3)16-12-24-28(4)13-16)21(27-26-15)18-7-5-8-20(25-18)29-10-6-9-22(2,30)14-29/h5,7-8,11-13,26,30H,1,6,9-10,14H2,2-4H3/b17-11+,23-19+/t22-/m0/s1. The molecule has 0 aliphatic carbocycles. The highest BCUT2D eigenvalue weighted by Gasteiger charge is 2.29. The molecular weight excluding hydrogens is 378 g/mol. The van der Waals surface area contributed by atoms with Crippen LogP contribution in [-0.4, -0.2) is 61.5 Å². The molecule has 1 aliphatic rings. The topological polar surface area (TPSA) is 95.2 Å². The molecule has 3 aromatic heterocycles. The van der Waals surface area contributed by atoms with Gasteiger partial charge in [0.15, 0.2) is 0 Å². The first-order chi connectivity index (χ1) is 14.4. The van der Waals surface area contributed by atoms with Crippen molar-refractivity contribution in [1.29, 1.82) is 0 Å². The number of aromatic amines is 1. The summed E-state index contributed by atoms with van der Waals surface area (Å²) in [4.78, 5) is 11.4. The second kappa shape index (κ2) is 7.87. The smallest absolute Gasteiger partial charge is 0.129 e. The van der Waals surface area contributed by atoms with Crippen molar-refractivity contribution in [3.05, 3.63) is 46.7 Å². The number of hydrogen-bond acceptors (Lipinski definition) is 6. The van der Waals surface area contributed by atoms with Gasteiger partial charge in [-0.05, 0) is 38.0 Å². The van der Waals surface area contributed by atoms with Gasteiger partial charge in [-0.3, -0.25) is 14.8 Å². The third-order valence-corrected chi connectivity index (χ3v) is 5.38. The van der Waals surface area contributed by atoms with Crippen molar-refractivity contribution >= 4 is 24.2 Å². The monoisotopic (exact) mass is 405 g/mol.